The van der Waals surface area contributed by atoms with Gasteiger partial charge in [0.1, 0.15) is 0 Å². The molecule has 1 aromatic heterocycles. The van der Waals surface area contributed by atoms with Crippen LogP contribution in [0.3, 0.4) is 0 Å². The molecule has 142 valence electrons. The van der Waals surface area contributed by atoms with E-state index in [9.17, 15) is 4.79 Å². The van der Waals surface area contributed by atoms with Crippen molar-refractivity contribution in [3.63, 3.8) is 0 Å². The number of hydrogen-bond acceptors (Lipinski definition) is 6. The maximum atomic E-state index is 12.9. The van der Waals surface area contributed by atoms with E-state index >= 15 is 0 Å². The van der Waals surface area contributed by atoms with Gasteiger partial charge in [-0.15, -0.1) is 0 Å². The lowest BCUT2D eigenvalue weighted by Gasteiger charge is -2.14. The highest BCUT2D eigenvalue weighted by molar-refractivity contribution is 8.00. The fourth-order valence-corrected chi connectivity index (χ4v) is 3.70. The van der Waals surface area contributed by atoms with Gasteiger partial charge in [0.25, 0.3) is 0 Å². The van der Waals surface area contributed by atoms with Crippen molar-refractivity contribution in [1.29, 1.82) is 0 Å². The number of rotatable bonds is 9. The fourth-order valence-electron chi connectivity index (χ4n) is 2.60. The molecule has 0 spiro atoms. The molecular formula is C19H26N2O4S. The smallest absolute Gasteiger partial charge is 0.176 e. The third-order valence-corrected chi connectivity index (χ3v) is 5.35. The van der Waals surface area contributed by atoms with E-state index in [1.807, 2.05) is 20.8 Å². The van der Waals surface area contributed by atoms with E-state index in [1.54, 1.807) is 39.5 Å². The molecule has 1 atom stereocenters. The van der Waals surface area contributed by atoms with E-state index in [0.29, 0.717) is 30.2 Å². The summed E-state index contributed by atoms with van der Waals surface area (Å²) in [5, 5.41) is 0.550. The minimum atomic E-state index is -0.282. The third-order valence-electron chi connectivity index (χ3n) is 4.26. The number of ether oxygens (including phenoxy) is 3. The number of carbonyl (C=O) groups is 1. The number of hydrogen-bond donors (Lipinski definition) is 0. The molecule has 2 rings (SSSR count). The van der Waals surface area contributed by atoms with E-state index < -0.39 is 0 Å². The van der Waals surface area contributed by atoms with Crippen LogP contribution in [0.5, 0.6) is 11.5 Å². The zero-order valence-electron chi connectivity index (χ0n) is 16.2. The molecule has 0 saturated carbocycles. The maximum absolute atomic E-state index is 12.9. The predicted molar refractivity (Wildman–Crippen MR) is 103 cm³/mol. The van der Waals surface area contributed by atoms with E-state index in [1.165, 1.54) is 11.8 Å². The zero-order chi connectivity index (χ0) is 19.3. The number of thioether (sulfide) groups is 1. The Bertz CT molecular complexity index is 773. The maximum Gasteiger partial charge on any atom is 0.176 e. The Morgan fingerprint density at radius 1 is 1.19 bits per heavy atom. The molecule has 0 bridgehead atoms. The number of aryl methyl sites for hydroxylation is 1. The summed E-state index contributed by atoms with van der Waals surface area (Å²) in [6.07, 6.45) is 0. The molecule has 0 N–H and O–H groups in total. The molecule has 1 aromatic carbocycles. The molecule has 0 radical (unpaired) electrons. The molecular weight excluding hydrogens is 352 g/mol. The molecule has 0 aliphatic rings. The van der Waals surface area contributed by atoms with Gasteiger partial charge in [-0.2, -0.15) is 0 Å². The van der Waals surface area contributed by atoms with Crippen LogP contribution in [0.1, 0.15) is 28.7 Å². The first-order chi connectivity index (χ1) is 12.4. The van der Waals surface area contributed by atoms with E-state index in [0.717, 1.165) is 16.5 Å². The summed E-state index contributed by atoms with van der Waals surface area (Å²) < 4.78 is 17.8. The zero-order valence-corrected chi connectivity index (χ0v) is 17.0. The normalized spacial score (nSPS) is 12.1. The van der Waals surface area contributed by atoms with Crippen LogP contribution in [-0.4, -0.2) is 48.5 Å². The summed E-state index contributed by atoms with van der Waals surface area (Å²) >= 11 is 1.46. The Morgan fingerprint density at radius 3 is 2.50 bits per heavy atom. The van der Waals surface area contributed by atoms with Crippen molar-refractivity contribution in [2.75, 3.05) is 27.9 Å². The highest BCUT2D eigenvalue weighted by Crippen LogP contribution is 2.31. The Morgan fingerprint density at radius 2 is 1.88 bits per heavy atom. The number of methoxy groups -OCH3 is 3. The Hall–Kier alpha value is -1.99. The van der Waals surface area contributed by atoms with Crippen LogP contribution in [0.25, 0.3) is 0 Å². The van der Waals surface area contributed by atoms with E-state index in [2.05, 4.69) is 9.55 Å². The van der Waals surface area contributed by atoms with Crippen LogP contribution < -0.4 is 9.47 Å². The van der Waals surface area contributed by atoms with Crippen LogP contribution in [0, 0.1) is 13.8 Å². The van der Waals surface area contributed by atoms with Gasteiger partial charge in [-0.1, -0.05) is 11.8 Å². The van der Waals surface area contributed by atoms with Gasteiger partial charge < -0.3 is 18.8 Å². The lowest BCUT2D eigenvalue weighted by molar-refractivity contribution is 0.0993. The van der Waals surface area contributed by atoms with Crippen molar-refractivity contribution in [2.24, 2.45) is 0 Å². The Balaban J connectivity index is 2.21. The number of nitrogens with zero attached hydrogens (tertiary/aromatic N) is 2. The Kier molecular flexibility index (Phi) is 7.11. The first-order valence-electron chi connectivity index (χ1n) is 8.38. The van der Waals surface area contributed by atoms with Gasteiger partial charge >= 0.3 is 0 Å². The van der Waals surface area contributed by atoms with Crippen LogP contribution in [-0.2, 0) is 11.3 Å². The molecule has 0 saturated heterocycles. The van der Waals surface area contributed by atoms with Gasteiger partial charge in [0.2, 0.25) is 0 Å². The van der Waals surface area contributed by atoms with Crippen LogP contribution in [0.2, 0.25) is 0 Å². The number of Topliss-reactive ketones (excluding diaryl/α,β-unsaturated/α-hetero) is 1. The number of carbonyl (C=O) groups excluding carboxylic acids is 1. The van der Waals surface area contributed by atoms with Crippen LogP contribution >= 0.6 is 11.8 Å². The minimum Gasteiger partial charge on any atom is -0.493 e. The SMILES string of the molecule is COCCn1c(S[C@H](C)C(=O)c2ccc(OC)c(OC)c2)nc(C)c1C. The molecule has 7 heteroatoms. The van der Waals surface area contributed by atoms with Crippen molar-refractivity contribution in [1.82, 2.24) is 9.55 Å². The monoisotopic (exact) mass is 378 g/mol. The largest absolute Gasteiger partial charge is 0.493 e. The van der Waals surface area contributed by atoms with Crippen LogP contribution in [0.15, 0.2) is 23.4 Å². The van der Waals surface area contributed by atoms with E-state index in [4.69, 9.17) is 14.2 Å². The summed E-state index contributed by atoms with van der Waals surface area (Å²) in [5.41, 5.74) is 2.65. The summed E-state index contributed by atoms with van der Waals surface area (Å²) in [6.45, 7) is 7.21. The van der Waals surface area contributed by atoms with Gasteiger partial charge in [0, 0.05) is 24.9 Å². The second-order valence-corrected chi connectivity index (χ2v) is 7.21. The molecule has 1 heterocycles. The second-order valence-electron chi connectivity index (χ2n) is 5.90. The number of aromatic nitrogens is 2. The molecule has 0 aliphatic heterocycles. The number of imidazole rings is 1. The van der Waals surface area contributed by atoms with Gasteiger partial charge in [0.05, 0.1) is 31.8 Å². The molecule has 6 nitrogen and oxygen atoms in total. The van der Waals surface area contributed by atoms with Crippen molar-refractivity contribution in [2.45, 2.75) is 37.7 Å². The summed E-state index contributed by atoms with van der Waals surface area (Å²) in [4.78, 5) is 17.5. The van der Waals surface area contributed by atoms with Crippen molar-refractivity contribution in [3.8, 4) is 11.5 Å². The quantitative estimate of drug-likeness (QED) is 0.491. The Labute approximate surface area is 158 Å². The average Bonchev–Trinajstić information content (AvgIpc) is 2.91. The molecule has 0 unspecified atom stereocenters. The van der Waals surface area contributed by atoms with Gasteiger partial charge in [-0.05, 0) is 39.0 Å². The summed E-state index contributed by atoms with van der Waals surface area (Å²) in [5.74, 6) is 1.17. The lowest BCUT2D eigenvalue weighted by atomic mass is 10.1. The van der Waals surface area contributed by atoms with Gasteiger partial charge in [-0.25, -0.2) is 4.98 Å². The molecule has 0 amide bonds. The molecule has 26 heavy (non-hydrogen) atoms. The predicted octanol–water partition coefficient (Wildman–Crippen LogP) is 3.53. The van der Waals surface area contributed by atoms with Gasteiger partial charge in [0.15, 0.2) is 22.4 Å². The van der Waals surface area contributed by atoms with Crippen LogP contribution in [0.4, 0.5) is 0 Å². The third kappa shape index (κ3) is 4.40. The summed E-state index contributed by atoms with van der Waals surface area (Å²) in [7, 11) is 4.81. The standard InChI is InChI=1S/C19H26N2O4S/c1-12-13(2)21(9-10-23-4)19(20-12)26-14(3)18(22)15-7-8-16(24-5)17(11-15)25-6/h7-8,11,14H,9-10H2,1-6H3/t14-/m1/s1. The van der Waals surface area contributed by atoms with Crippen molar-refractivity contribution >= 4 is 17.5 Å². The molecule has 0 fully saturated rings. The number of ketones is 1. The fraction of sp³-hybridized carbons (Fsp3) is 0.474. The molecule has 0 aliphatic carbocycles. The van der Waals surface area contributed by atoms with Crippen molar-refractivity contribution in [3.05, 3.63) is 35.2 Å². The topological polar surface area (TPSA) is 62.6 Å². The average molecular weight is 378 g/mol. The first kappa shape index (κ1) is 20.3. The highest BCUT2D eigenvalue weighted by Gasteiger charge is 2.22. The number of benzene rings is 1. The lowest BCUT2D eigenvalue weighted by Crippen LogP contribution is -2.16. The second kappa shape index (κ2) is 9.09. The highest BCUT2D eigenvalue weighted by atomic mass is 32.2. The van der Waals surface area contributed by atoms with Gasteiger partial charge in [-0.3, -0.25) is 4.79 Å². The first-order valence-corrected chi connectivity index (χ1v) is 9.26. The molecule has 2 aromatic rings. The summed E-state index contributed by atoms with van der Waals surface area (Å²) in [6, 6.07) is 5.22. The van der Waals surface area contributed by atoms with E-state index in [-0.39, 0.29) is 11.0 Å². The van der Waals surface area contributed by atoms with Crippen molar-refractivity contribution < 1.29 is 19.0 Å². The minimum absolute atomic E-state index is 0.0209.